The monoisotopic (exact) mass is 482 g/mol. The van der Waals surface area contributed by atoms with Crippen LogP contribution in [0.4, 0.5) is 4.39 Å². The van der Waals surface area contributed by atoms with Crippen molar-refractivity contribution in [1.82, 2.24) is 15.2 Å². The van der Waals surface area contributed by atoms with Gasteiger partial charge in [0.1, 0.15) is 5.82 Å². The first-order valence-corrected chi connectivity index (χ1v) is 12.9. The summed E-state index contributed by atoms with van der Waals surface area (Å²) in [4.78, 5) is 17.7. The van der Waals surface area contributed by atoms with Gasteiger partial charge in [-0.15, -0.1) is 0 Å². The molecule has 0 saturated carbocycles. The zero-order chi connectivity index (χ0) is 23.9. The summed E-state index contributed by atoms with van der Waals surface area (Å²) in [6.07, 6.45) is 8.21. The number of hydrogen-bond donors (Lipinski definition) is 4. The number of thiol groups is 1. The van der Waals surface area contributed by atoms with Crippen LogP contribution in [0.1, 0.15) is 53.9 Å². The van der Waals surface area contributed by atoms with Crippen LogP contribution in [-0.2, 0) is 0 Å². The number of carbonyl (C=O) groups excluding carboxylic acids is 1. The maximum atomic E-state index is 13.2. The number of carbonyl (C=O) groups is 1. The smallest absolute Gasteiger partial charge is 0.250 e. The van der Waals surface area contributed by atoms with E-state index in [1.54, 1.807) is 18.2 Å². The predicted octanol–water partition coefficient (Wildman–Crippen LogP) is 4.94. The van der Waals surface area contributed by atoms with Gasteiger partial charge >= 0.3 is 0 Å². The zero-order valence-corrected chi connectivity index (χ0v) is 20.5. The summed E-state index contributed by atoms with van der Waals surface area (Å²) in [6.45, 7) is 5.92. The zero-order valence-electron chi connectivity index (χ0n) is 19.7. The molecule has 2 aromatic carbocycles. The molecule has 0 unspecified atom stereocenters. The van der Waals surface area contributed by atoms with Crippen LogP contribution in [0, 0.1) is 5.82 Å². The fourth-order valence-electron chi connectivity index (χ4n) is 5.03. The van der Waals surface area contributed by atoms with Crippen LogP contribution in [-0.4, -0.2) is 54.3 Å². The van der Waals surface area contributed by atoms with Crippen molar-refractivity contribution in [2.24, 2.45) is 5.73 Å². The third-order valence-electron chi connectivity index (χ3n) is 6.87. The van der Waals surface area contributed by atoms with Gasteiger partial charge in [0.25, 0.3) is 5.91 Å². The Hall–Kier alpha value is -2.35. The van der Waals surface area contributed by atoms with E-state index in [0.29, 0.717) is 11.5 Å². The molecule has 1 amide bonds. The van der Waals surface area contributed by atoms with Gasteiger partial charge in [-0.05, 0) is 117 Å². The minimum absolute atomic E-state index is 0.281. The maximum absolute atomic E-state index is 13.2. The van der Waals surface area contributed by atoms with Crippen molar-refractivity contribution in [3.05, 3.63) is 59.5 Å². The normalized spacial score (nSPS) is 17.0. The molecular formula is C27H35FN4OS. The van der Waals surface area contributed by atoms with E-state index >= 15 is 0 Å². The number of amides is 1. The van der Waals surface area contributed by atoms with Crippen molar-refractivity contribution in [2.75, 3.05) is 38.5 Å². The fourth-order valence-corrected chi connectivity index (χ4v) is 5.17. The van der Waals surface area contributed by atoms with Gasteiger partial charge in [0.15, 0.2) is 0 Å². The van der Waals surface area contributed by atoms with Crippen LogP contribution in [0.15, 0.2) is 42.6 Å². The summed E-state index contributed by atoms with van der Waals surface area (Å²) in [5.41, 5.74) is 9.82. The molecule has 2 saturated heterocycles. The molecule has 1 aromatic heterocycles. The van der Waals surface area contributed by atoms with Crippen LogP contribution >= 0.6 is 12.6 Å². The van der Waals surface area contributed by atoms with E-state index in [1.165, 1.54) is 56.6 Å². The van der Waals surface area contributed by atoms with Crippen molar-refractivity contribution in [3.8, 4) is 11.1 Å². The van der Waals surface area contributed by atoms with Crippen molar-refractivity contribution in [1.29, 1.82) is 0 Å². The third-order valence-corrected chi connectivity index (χ3v) is 7.19. The second kappa shape index (κ2) is 11.9. The molecule has 0 aliphatic carbocycles. The molecule has 3 aromatic rings. The van der Waals surface area contributed by atoms with Crippen LogP contribution in [0.2, 0.25) is 0 Å². The molecule has 2 aliphatic heterocycles. The topological polar surface area (TPSA) is 74.1 Å². The van der Waals surface area contributed by atoms with E-state index in [1.807, 2.05) is 6.20 Å². The van der Waals surface area contributed by atoms with Crippen molar-refractivity contribution in [3.63, 3.8) is 0 Å². The van der Waals surface area contributed by atoms with E-state index in [0.717, 1.165) is 53.7 Å². The lowest BCUT2D eigenvalue weighted by Gasteiger charge is -2.22. The molecule has 7 heteroatoms. The summed E-state index contributed by atoms with van der Waals surface area (Å²) >= 11 is 4.17. The SMILES string of the molecule is NC(=O)c1cc(-c2ccc(F)cc2)cc2c(C3CCNCC3)c[nH]c12.SCCCN1CCCC1. The molecular weight excluding hydrogens is 447 g/mol. The van der Waals surface area contributed by atoms with Gasteiger partial charge in [-0.1, -0.05) is 12.1 Å². The highest BCUT2D eigenvalue weighted by Crippen LogP contribution is 2.35. The first-order chi connectivity index (χ1) is 16.6. The van der Waals surface area contributed by atoms with Crippen molar-refractivity contribution in [2.45, 2.75) is 38.0 Å². The lowest BCUT2D eigenvalue weighted by molar-refractivity contribution is 0.100. The number of nitrogens with one attached hydrogen (secondary N) is 2. The molecule has 0 spiro atoms. The Balaban J connectivity index is 0.000000257. The highest BCUT2D eigenvalue weighted by molar-refractivity contribution is 7.80. The number of fused-ring (bicyclic) bond motifs is 1. The number of aromatic amines is 1. The van der Waals surface area contributed by atoms with E-state index in [-0.39, 0.29) is 5.82 Å². The van der Waals surface area contributed by atoms with Crippen molar-refractivity contribution >= 4 is 29.4 Å². The fraction of sp³-hybridized carbons (Fsp3) is 0.444. The second-order valence-electron chi connectivity index (χ2n) is 9.21. The second-order valence-corrected chi connectivity index (χ2v) is 9.66. The number of primary amides is 1. The number of nitrogens with two attached hydrogens (primary N) is 1. The molecule has 0 bridgehead atoms. The predicted molar refractivity (Wildman–Crippen MR) is 141 cm³/mol. The van der Waals surface area contributed by atoms with Crippen LogP contribution in [0.3, 0.4) is 0 Å². The number of rotatable bonds is 6. The van der Waals surface area contributed by atoms with Gasteiger partial charge in [-0.2, -0.15) is 12.6 Å². The number of benzene rings is 2. The Labute approximate surface area is 206 Å². The van der Waals surface area contributed by atoms with E-state index < -0.39 is 5.91 Å². The summed E-state index contributed by atoms with van der Waals surface area (Å²) < 4.78 is 13.2. The lowest BCUT2D eigenvalue weighted by atomic mass is 9.88. The Bertz CT molecular complexity index is 1090. The molecule has 5 nitrogen and oxygen atoms in total. The summed E-state index contributed by atoms with van der Waals surface area (Å²) in [6, 6.07) is 10.1. The number of hydrogen-bond acceptors (Lipinski definition) is 4. The van der Waals surface area contributed by atoms with Crippen LogP contribution < -0.4 is 11.1 Å². The van der Waals surface area contributed by atoms with Crippen LogP contribution in [0.5, 0.6) is 0 Å². The first kappa shape index (κ1) is 24.8. The van der Waals surface area contributed by atoms with Crippen LogP contribution in [0.25, 0.3) is 22.0 Å². The van der Waals surface area contributed by atoms with E-state index in [4.69, 9.17) is 5.73 Å². The molecule has 3 heterocycles. The third kappa shape index (κ3) is 6.01. The van der Waals surface area contributed by atoms with Gasteiger partial charge in [-0.25, -0.2) is 4.39 Å². The van der Waals surface area contributed by atoms with Gasteiger partial charge in [0.05, 0.1) is 11.1 Å². The summed E-state index contributed by atoms with van der Waals surface area (Å²) in [5, 5.41) is 4.41. The molecule has 0 atom stereocenters. The number of aromatic nitrogens is 1. The molecule has 5 rings (SSSR count). The van der Waals surface area contributed by atoms with E-state index in [2.05, 4.69) is 33.9 Å². The molecule has 2 aliphatic rings. The van der Waals surface area contributed by atoms with E-state index in [9.17, 15) is 9.18 Å². The molecule has 2 fully saturated rings. The number of halogens is 1. The minimum atomic E-state index is -0.465. The number of nitrogens with zero attached hydrogens (tertiary/aromatic N) is 1. The quantitative estimate of drug-likeness (QED) is 0.376. The van der Waals surface area contributed by atoms with Crippen molar-refractivity contribution < 1.29 is 9.18 Å². The average molecular weight is 483 g/mol. The number of piperidine rings is 1. The number of likely N-dealkylation sites (tertiary alicyclic amines) is 1. The standard InChI is InChI=1S/C20H20FN3O.C7H15NS/c21-15-3-1-12(2-4-15)14-9-16-18(13-5-7-23-8-6-13)11-24-19(16)17(10-14)20(22)25;9-7-3-6-8-4-1-2-5-8/h1-4,9-11,13,23-24H,5-8H2,(H2,22,25);9H,1-7H2. The molecule has 34 heavy (non-hydrogen) atoms. The van der Waals surface area contributed by atoms with Gasteiger partial charge < -0.3 is 20.9 Å². The summed E-state index contributed by atoms with van der Waals surface area (Å²) in [5.74, 6) is 0.750. The Morgan fingerprint density at radius 3 is 2.44 bits per heavy atom. The maximum Gasteiger partial charge on any atom is 0.250 e. The largest absolute Gasteiger partial charge is 0.366 e. The average Bonchev–Trinajstić information content (AvgIpc) is 3.53. The highest BCUT2D eigenvalue weighted by atomic mass is 32.1. The van der Waals surface area contributed by atoms with Gasteiger partial charge in [-0.3, -0.25) is 4.79 Å². The molecule has 0 radical (unpaired) electrons. The lowest BCUT2D eigenvalue weighted by Crippen LogP contribution is -2.26. The number of H-pyrrole nitrogens is 1. The van der Waals surface area contributed by atoms with Gasteiger partial charge in [0, 0.05) is 11.6 Å². The Kier molecular flexibility index (Phi) is 8.64. The molecule has 182 valence electrons. The first-order valence-electron chi connectivity index (χ1n) is 12.3. The Morgan fingerprint density at radius 2 is 1.79 bits per heavy atom. The summed E-state index contributed by atoms with van der Waals surface area (Å²) in [7, 11) is 0. The Morgan fingerprint density at radius 1 is 1.09 bits per heavy atom. The highest BCUT2D eigenvalue weighted by Gasteiger charge is 2.21. The molecule has 4 N–H and O–H groups in total. The minimum Gasteiger partial charge on any atom is -0.366 e. The van der Waals surface area contributed by atoms with Gasteiger partial charge in [0.2, 0.25) is 0 Å².